The largest absolute Gasteiger partial charge is 0.490 e. The normalized spacial score (nSPS) is 23.7. The van der Waals surface area contributed by atoms with E-state index in [0.717, 1.165) is 35.3 Å². The summed E-state index contributed by atoms with van der Waals surface area (Å²) in [5, 5.41) is 2.81. The first kappa shape index (κ1) is 24.2. The van der Waals surface area contributed by atoms with Gasteiger partial charge in [-0.05, 0) is 54.5 Å². The molecule has 2 aromatic rings. The molecule has 2 unspecified atom stereocenters. The van der Waals surface area contributed by atoms with Crippen molar-refractivity contribution < 1.29 is 23.9 Å². The molecular formula is C28H33N3O5. The Labute approximate surface area is 211 Å². The van der Waals surface area contributed by atoms with Gasteiger partial charge in [-0.2, -0.15) is 0 Å². The molecule has 8 heteroatoms. The lowest BCUT2D eigenvalue weighted by Gasteiger charge is -2.27. The van der Waals surface area contributed by atoms with Crippen molar-refractivity contribution >= 4 is 17.8 Å². The molecule has 4 amide bonds. The minimum Gasteiger partial charge on any atom is -0.490 e. The monoisotopic (exact) mass is 491 g/mol. The molecule has 3 aliphatic heterocycles. The second-order valence-corrected chi connectivity index (χ2v) is 10.2. The molecule has 2 saturated heterocycles. The van der Waals surface area contributed by atoms with Crippen LogP contribution in [0.25, 0.3) is 0 Å². The van der Waals surface area contributed by atoms with Crippen LogP contribution in [-0.4, -0.2) is 53.9 Å². The van der Waals surface area contributed by atoms with Gasteiger partial charge in [-0.15, -0.1) is 0 Å². The van der Waals surface area contributed by atoms with Crippen LogP contribution < -0.4 is 14.8 Å². The Kier molecular flexibility index (Phi) is 6.36. The molecular weight excluding hydrogens is 458 g/mol. The highest BCUT2D eigenvalue weighted by Gasteiger charge is 2.50. The van der Waals surface area contributed by atoms with Gasteiger partial charge in [-0.25, -0.2) is 4.79 Å². The summed E-state index contributed by atoms with van der Waals surface area (Å²) in [6, 6.07) is 12.8. The van der Waals surface area contributed by atoms with Crippen LogP contribution in [0.1, 0.15) is 68.7 Å². The molecule has 2 atom stereocenters. The van der Waals surface area contributed by atoms with E-state index in [0.29, 0.717) is 42.7 Å². The lowest BCUT2D eigenvalue weighted by Crippen LogP contribution is -2.44. The Morgan fingerprint density at radius 3 is 2.50 bits per heavy atom. The number of carbonyl (C=O) groups is 3. The van der Waals surface area contributed by atoms with Crippen molar-refractivity contribution in [3.63, 3.8) is 0 Å². The van der Waals surface area contributed by atoms with E-state index in [9.17, 15) is 14.4 Å². The van der Waals surface area contributed by atoms with Crippen LogP contribution in [0.4, 0.5) is 4.79 Å². The lowest BCUT2D eigenvalue weighted by atomic mass is 9.90. The number of nitrogens with zero attached hydrogens (tertiary/aromatic N) is 2. The first-order valence-corrected chi connectivity index (χ1v) is 12.7. The Morgan fingerprint density at radius 2 is 1.78 bits per heavy atom. The molecule has 8 nitrogen and oxygen atoms in total. The molecule has 190 valence electrons. The highest BCUT2D eigenvalue weighted by Crippen LogP contribution is 2.38. The average Bonchev–Trinajstić information content (AvgIpc) is 3.34. The minimum atomic E-state index is -1.20. The summed E-state index contributed by atoms with van der Waals surface area (Å²) in [6.07, 6.45) is 2.49. The number of urea groups is 1. The number of benzene rings is 2. The van der Waals surface area contributed by atoms with E-state index >= 15 is 0 Å². The standard InChI is InChI=1S/C28H33N3O5/c1-18(2)19-7-10-21(11-8-19)28(3)26(33)31(27(34)29-28)17-25(32)30-13-4-6-22(30)20-9-12-23-24(16-20)36-15-5-14-35-23/h7-12,16,18,22H,4-6,13-15,17H2,1-3H3,(H,29,34). The molecule has 3 aliphatic rings. The van der Waals surface area contributed by atoms with Crippen molar-refractivity contribution in [2.75, 3.05) is 26.3 Å². The van der Waals surface area contributed by atoms with Crippen molar-refractivity contribution in [1.29, 1.82) is 0 Å². The molecule has 1 N–H and O–H groups in total. The van der Waals surface area contributed by atoms with E-state index in [4.69, 9.17) is 9.47 Å². The summed E-state index contributed by atoms with van der Waals surface area (Å²) in [6.45, 7) is 7.40. The predicted octanol–water partition coefficient (Wildman–Crippen LogP) is 4.10. The number of nitrogens with one attached hydrogen (secondary N) is 1. The molecule has 0 spiro atoms. The zero-order chi connectivity index (χ0) is 25.4. The number of amides is 4. The van der Waals surface area contributed by atoms with Crippen molar-refractivity contribution in [1.82, 2.24) is 15.1 Å². The summed E-state index contributed by atoms with van der Waals surface area (Å²) >= 11 is 0. The average molecular weight is 492 g/mol. The van der Waals surface area contributed by atoms with E-state index in [1.54, 1.807) is 11.8 Å². The van der Waals surface area contributed by atoms with Gasteiger partial charge in [0.1, 0.15) is 12.1 Å². The topological polar surface area (TPSA) is 88.2 Å². The highest BCUT2D eigenvalue weighted by atomic mass is 16.5. The van der Waals surface area contributed by atoms with Crippen LogP contribution in [0.3, 0.4) is 0 Å². The number of carbonyl (C=O) groups excluding carboxylic acids is 3. The van der Waals surface area contributed by atoms with E-state index in [2.05, 4.69) is 19.2 Å². The molecule has 0 bridgehead atoms. The number of fused-ring (bicyclic) bond motifs is 1. The molecule has 2 aromatic carbocycles. The first-order chi connectivity index (χ1) is 17.3. The number of likely N-dealkylation sites (tertiary alicyclic amines) is 1. The van der Waals surface area contributed by atoms with Crippen LogP contribution in [-0.2, 0) is 15.1 Å². The third-order valence-electron chi connectivity index (χ3n) is 7.45. The van der Waals surface area contributed by atoms with Gasteiger partial charge in [-0.1, -0.05) is 44.2 Å². The molecule has 0 aliphatic carbocycles. The van der Waals surface area contributed by atoms with Gasteiger partial charge >= 0.3 is 6.03 Å². The number of imide groups is 1. The van der Waals surface area contributed by atoms with Crippen molar-refractivity contribution in [3.8, 4) is 11.5 Å². The molecule has 3 heterocycles. The summed E-state index contributed by atoms with van der Waals surface area (Å²) < 4.78 is 11.6. The van der Waals surface area contributed by atoms with Gasteiger partial charge < -0.3 is 19.7 Å². The summed E-state index contributed by atoms with van der Waals surface area (Å²) in [4.78, 5) is 42.4. The minimum absolute atomic E-state index is 0.134. The number of hydrogen-bond donors (Lipinski definition) is 1. The fourth-order valence-electron chi connectivity index (χ4n) is 5.26. The van der Waals surface area contributed by atoms with Gasteiger partial charge in [-0.3, -0.25) is 14.5 Å². The van der Waals surface area contributed by atoms with Crippen LogP contribution in [0, 0.1) is 0 Å². The Morgan fingerprint density at radius 1 is 1.06 bits per heavy atom. The molecule has 5 rings (SSSR count). The van der Waals surface area contributed by atoms with E-state index in [1.807, 2.05) is 42.5 Å². The maximum atomic E-state index is 13.4. The van der Waals surface area contributed by atoms with E-state index < -0.39 is 17.5 Å². The smallest absolute Gasteiger partial charge is 0.325 e. The third-order valence-corrected chi connectivity index (χ3v) is 7.45. The zero-order valence-electron chi connectivity index (χ0n) is 21.1. The summed E-state index contributed by atoms with van der Waals surface area (Å²) in [7, 11) is 0. The number of rotatable bonds is 5. The van der Waals surface area contributed by atoms with E-state index in [1.165, 1.54) is 0 Å². The molecule has 0 saturated carbocycles. The van der Waals surface area contributed by atoms with Gasteiger partial charge in [0.2, 0.25) is 5.91 Å². The third kappa shape index (κ3) is 4.29. The summed E-state index contributed by atoms with van der Waals surface area (Å²) in [5.41, 5.74) is 1.62. The van der Waals surface area contributed by atoms with Crippen molar-refractivity contribution in [2.24, 2.45) is 0 Å². The quantitative estimate of drug-likeness (QED) is 0.637. The second-order valence-electron chi connectivity index (χ2n) is 10.2. The van der Waals surface area contributed by atoms with Crippen LogP contribution in [0.15, 0.2) is 42.5 Å². The Hall–Kier alpha value is -3.55. The number of hydrogen-bond acceptors (Lipinski definition) is 5. The SMILES string of the molecule is CC(C)c1ccc(C2(C)NC(=O)N(CC(=O)N3CCCC3c3ccc4c(c3)OCCCO4)C2=O)cc1. The lowest BCUT2D eigenvalue weighted by molar-refractivity contribution is -0.139. The highest BCUT2D eigenvalue weighted by molar-refractivity contribution is 6.09. The van der Waals surface area contributed by atoms with Gasteiger partial charge in [0, 0.05) is 13.0 Å². The molecule has 36 heavy (non-hydrogen) atoms. The molecule has 2 fully saturated rings. The maximum absolute atomic E-state index is 13.4. The van der Waals surface area contributed by atoms with Gasteiger partial charge in [0.05, 0.1) is 19.3 Å². The summed E-state index contributed by atoms with van der Waals surface area (Å²) in [5.74, 6) is 1.11. The molecule has 0 aromatic heterocycles. The Balaban J connectivity index is 1.31. The zero-order valence-corrected chi connectivity index (χ0v) is 21.1. The number of ether oxygens (including phenoxy) is 2. The fraction of sp³-hybridized carbons (Fsp3) is 0.464. The maximum Gasteiger partial charge on any atom is 0.325 e. The molecule has 0 radical (unpaired) electrons. The Bertz CT molecular complexity index is 1180. The van der Waals surface area contributed by atoms with Crippen molar-refractivity contribution in [3.05, 3.63) is 59.2 Å². The van der Waals surface area contributed by atoms with Crippen molar-refractivity contribution in [2.45, 2.75) is 57.5 Å². The fourth-order valence-corrected chi connectivity index (χ4v) is 5.26. The van der Waals surface area contributed by atoms with Crippen LogP contribution >= 0.6 is 0 Å². The first-order valence-electron chi connectivity index (χ1n) is 12.7. The van der Waals surface area contributed by atoms with Gasteiger partial charge in [0.15, 0.2) is 11.5 Å². The van der Waals surface area contributed by atoms with Crippen LogP contribution in [0.2, 0.25) is 0 Å². The van der Waals surface area contributed by atoms with E-state index in [-0.39, 0.29) is 18.5 Å². The van der Waals surface area contributed by atoms with Gasteiger partial charge in [0.25, 0.3) is 5.91 Å². The second kappa shape index (κ2) is 9.48. The van der Waals surface area contributed by atoms with Crippen LogP contribution in [0.5, 0.6) is 11.5 Å². The predicted molar refractivity (Wildman–Crippen MR) is 134 cm³/mol.